The quantitative estimate of drug-likeness (QED) is 0.388. The summed E-state index contributed by atoms with van der Waals surface area (Å²) in [7, 11) is 3.09. The summed E-state index contributed by atoms with van der Waals surface area (Å²) < 4.78 is 22.2. The number of aliphatic hydroxyl groups is 1. The van der Waals surface area contributed by atoms with E-state index in [1.807, 2.05) is 60.7 Å². The van der Waals surface area contributed by atoms with Gasteiger partial charge in [0, 0.05) is 12.6 Å². The van der Waals surface area contributed by atoms with Crippen molar-refractivity contribution in [1.29, 1.82) is 0 Å². The van der Waals surface area contributed by atoms with Gasteiger partial charge in [0.2, 0.25) is 0 Å². The molecule has 2 amide bonds. The second kappa shape index (κ2) is 12.2. The average molecular weight is 557 g/mol. The van der Waals surface area contributed by atoms with E-state index in [0.29, 0.717) is 17.9 Å². The molecule has 9 nitrogen and oxygen atoms in total. The first kappa shape index (κ1) is 27.8. The zero-order valence-corrected chi connectivity index (χ0v) is 23.0. The molecule has 0 spiro atoms. The van der Waals surface area contributed by atoms with Gasteiger partial charge in [0.25, 0.3) is 5.91 Å². The predicted molar refractivity (Wildman–Crippen MR) is 154 cm³/mol. The lowest BCUT2D eigenvalue weighted by atomic mass is 10.1. The number of rotatable bonds is 8. The molecule has 1 saturated heterocycles. The summed E-state index contributed by atoms with van der Waals surface area (Å²) in [6.45, 7) is 4.07. The lowest BCUT2D eigenvalue weighted by molar-refractivity contribution is 0.0496. The SMILES string of the molecule is C=CCOC(=O)N1c2cc(OCc3ccccc3)c(OC)cc2C(=O)N2CC(=Cc3ccc(OC)cc3)C[C@H]2[C@@H]1O. The van der Waals surface area contributed by atoms with Crippen LogP contribution in [-0.4, -0.2) is 61.6 Å². The second-order valence-corrected chi connectivity index (χ2v) is 9.72. The number of amides is 2. The molecule has 2 aliphatic heterocycles. The van der Waals surface area contributed by atoms with E-state index in [4.69, 9.17) is 18.9 Å². The molecule has 5 rings (SSSR count). The first-order valence-corrected chi connectivity index (χ1v) is 13.2. The van der Waals surface area contributed by atoms with E-state index in [-0.39, 0.29) is 36.9 Å². The van der Waals surface area contributed by atoms with E-state index in [0.717, 1.165) is 27.3 Å². The summed E-state index contributed by atoms with van der Waals surface area (Å²) >= 11 is 0. The third kappa shape index (κ3) is 5.76. The van der Waals surface area contributed by atoms with Crippen molar-refractivity contribution in [1.82, 2.24) is 4.90 Å². The van der Waals surface area contributed by atoms with Crippen molar-refractivity contribution < 1.29 is 33.6 Å². The molecule has 0 aromatic heterocycles. The molecule has 1 fully saturated rings. The van der Waals surface area contributed by atoms with Gasteiger partial charge in [0.1, 0.15) is 19.0 Å². The fourth-order valence-electron chi connectivity index (χ4n) is 5.11. The maximum atomic E-state index is 14.0. The van der Waals surface area contributed by atoms with Crippen molar-refractivity contribution in [2.24, 2.45) is 0 Å². The Bertz CT molecular complexity index is 1450. The Labute approximate surface area is 238 Å². The third-order valence-corrected chi connectivity index (χ3v) is 7.13. The van der Waals surface area contributed by atoms with Gasteiger partial charge in [-0.15, -0.1) is 0 Å². The monoisotopic (exact) mass is 556 g/mol. The van der Waals surface area contributed by atoms with E-state index in [9.17, 15) is 14.7 Å². The number of carbonyl (C=O) groups is 2. The fraction of sp³-hybridized carbons (Fsp3) is 0.250. The summed E-state index contributed by atoms with van der Waals surface area (Å²) in [5.41, 5.74) is 3.17. The maximum absolute atomic E-state index is 14.0. The normalized spacial score (nSPS) is 18.8. The van der Waals surface area contributed by atoms with Gasteiger partial charge in [-0.1, -0.05) is 61.2 Å². The van der Waals surface area contributed by atoms with Crippen LogP contribution in [0, 0.1) is 0 Å². The van der Waals surface area contributed by atoms with Gasteiger partial charge >= 0.3 is 6.09 Å². The van der Waals surface area contributed by atoms with Crippen molar-refractivity contribution in [3.63, 3.8) is 0 Å². The number of hydrogen-bond donors (Lipinski definition) is 1. The minimum absolute atomic E-state index is 0.0597. The molecule has 9 heteroatoms. The third-order valence-electron chi connectivity index (χ3n) is 7.13. The Balaban J connectivity index is 1.53. The molecule has 0 aliphatic carbocycles. The summed E-state index contributed by atoms with van der Waals surface area (Å²) in [5, 5.41) is 11.6. The minimum atomic E-state index is -1.38. The van der Waals surface area contributed by atoms with E-state index in [1.165, 1.54) is 13.2 Å². The molecular weight excluding hydrogens is 524 g/mol. The highest BCUT2D eigenvalue weighted by atomic mass is 16.6. The number of methoxy groups -OCH3 is 2. The summed E-state index contributed by atoms with van der Waals surface area (Å²) in [6.07, 6.45) is 1.60. The zero-order chi connectivity index (χ0) is 28.9. The molecule has 1 N–H and O–H groups in total. The number of anilines is 1. The zero-order valence-electron chi connectivity index (χ0n) is 23.0. The van der Waals surface area contributed by atoms with E-state index < -0.39 is 18.4 Å². The van der Waals surface area contributed by atoms with Gasteiger partial charge in [0.05, 0.1) is 31.5 Å². The van der Waals surface area contributed by atoms with Crippen molar-refractivity contribution in [3.8, 4) is 17.2 Å². The second-order valence-electron chi connectivity index (χ2n) is 9.72. The lowest BCUT2D eigenvalue weighted by Crippen LogP contribution is -2.50. The Morgan fingerprint density at radius 1 is 1.05 bits per heavy atom. The van der Waals surface area contributed by atoms with Gasteiger partial charge in [-0.2, -0.15) is 0 Å². The van der Waals surface area contributed by atoms with Gasteiger partial charge in [0.15, 0.2) is 17.7 Å². The first-order valence-electron chi connectivity index (χ1n) is 13.2. The molecule has 2 atom stereocenters. The van der Waals surface area contributed by atoms with Gasteiger partial charge < -0.3 is 29.0 Å². The smallest absolute Gasteiger partial charge is 0.416 e. The average Bonchev–Trinajstić information content (AvgIpc) is 3.40. The number of benzene rings is 3. The Hall–Kier alpha value is -4.76. The van der Waals surface area contributed by atoms with Crippen molar-refractivity contribution in [2.75, 3.05) is 32.3 Å². The van der Waals surface area contributed by atoms with E-state index in [1.54, 1.807) is 24.1 Å². The van der Waals surface area contributed by atoms with Crippen molar-refractivity contribution in [2.45, 2.75) is 25.3 Å². The molecule has 0 unspecified atom stereocenters. The minimum Gasteiger partial charge on any atom is -0.497 e. The molecule has 3 aromatic rings. The molecule has 2 heterocycles. The molecular formula is C32H32N2O7. The maximum Gasteiger partial charge on any atom is 0.416 e. The van der Waals surface area contributed by atoms with Gasteiger partial charge in [-0.05, 0) is 41.3 Å². The van der Waals surface area contributed by atoms with Gasteiger partial charge in [-0.3, -0.25) is 4.79 Å². The molecule has 0 saturated carbocycles. The fourth-order valence-corrected chi connectivity index (χ4v) is 5.11. The van der Waals surface area contributed by atoms with E-state index in [2.05, 4.69) is 6.58 Å². The first-order chi connectivity index (χ1) is 19.9. The van der Waals surface area contributed by atoms with Crippen LogP contribution in [0.25, 0.3) is 6.08 Å². The summed E-state index contributed by atoms with van der Waals surface area (Å²) in [5.74, 6) is 1.05. The molecule has 0 bridgehead atoms. The van der Waals surface area contributed by atoms with Crippen molar-refractivity contribution >= 4 is 23.8 Å². The van der Waals surface area contributed by atoms with Crippen molar-refractivity contribution in [3.05, 3.63) is 102 Å². The number of ether oxygens (including phenoxy) is 4. The van der Waals surface area contributed by atoms with Crippen LogP contribution < -0.4 is 19.1 Å². The Morgan fingerprint density at radius 3 is 2.49 bits per heavy atom. The molecule has 212 valence electrons. The molecule has 41 heavy (non-hydrogen) atoms. The number of fused-ring (bicyclic) bond motifs is 2. The summed E-state index contributed by atoms with van der Waals surface area (Å²) in [6, 6.07) is 19.5. The Kier molecular flexibility index (Phi) is 8.26. The highest BCUT2D eigenvalue weighted by Gasteiger charge is 2.46. The van der Waals surface area contributed by atoms with Crippen LogP contribution in [0.4, 0.5) is 10.5 Å². The van der Waals surface area contributed by atoms with E-state index >= 15 is 0 Å². The summed E-state index contributed by atoms with van der Waals surface area (Å²) in [4.78, 5) is 30.0. The van der Waals surface area contributed by atoms with Crippen LogP contribution in [0.3, 0.4) is 0 Å². The van der Waals surface area contributed by atoms with Crippen LogP contribution in [0.2, 0.25) is 0 Å². The standard InChI is InChI=1S/C32H32N2O7/c1-4-14-40-32(37)34-26-18-29(41-20-22-8-6-5-7-9-22)28(39-3)17-25(26)30(35)33-19-23(16-27(33)31(34)36)15-21-10-12-24(38-2)13-11-21/h4-13,15,17-18,27,31,36H,1,14,16,19-20H2,2-3H3/t27-,31-/m0/s1. The molecule has 2 aliphatic rings. The molecule has 0 radical (unpaired) electrons. The number of carbonyl (C=O) groups excluding carboxylic acids is 2. The van der Waals surface area contributed by atoms with Crippen LogP contribution in [0.15, 0.2) is 85.0 Å². The highest BCUT2D eigenvalue weighted by molar-refractivity contribution is 6.06. The topological polar surface area (TPSA) is 97.8 Å². The highest BCUT2D eigenvalue weighted by Crippen LogP contribution is 2.42. The largest absolute Gasteiger partial charge is 0.497 e. The lowest BCUT2D eigenvalue weighted by Gasteiger charge is -2.31. The van der Waals surface area contributed by atoms with Crippen LogP contribution in [0.5, 0.6) is 17.2 Å². The van der Waals surface area contributed by atoms with Crippen LogP contribution in [0.1, 0.15) is 27.9 Å². The molecule has 3 aromatic carbocycles. The van der Waals surface area contributed by atoms with Crippen LogP contribution in [-0.2, 0) is 11.3 Å². The predicted octanol–water partition coefficient (Wildman–Crippen LogP) is 5.04. The number of aliphatic hydroxyl groups excluding tert-OH is 1. The van der Waals surface area contributed by atoms with Gasteiger partial charge in [-0.25, -0.2) is 9.69 Å². The number of hydrogen-bond acceptors (Lipinski definition) is 7. The Morgan fingerprint density at radius 2 is 1.80 bits per heavy atom. The number of nitrogens with zero attached hydrogens (tertiary/aromatic N) is 2. The van der Waals surface area contributed by atoms with Crippen LogP contribution >= 0.6 is 0 Å².